The van der Waals surface area contributed by atoms with Gasteiger partial charge in [-0.3, -0.25) is 9.89 Å². The number of alkyl carbamates (subject to hydrolysis) is 1. The lowest BCUT2D eigenvalue weighted by Gasteiger charge is -2.28. The fourth-order valence-electron chi connectivity index (χ4n) is 4.81. The van der Waals surface area contributed by atoms with Gasteiger partial charge < -0.3 is 24.8 Å². The molecule has 10 nitrogen and oxygen atoms in total. The molecule has 1 saturated heterocycles. The first-order chi connectivity index (χ1) is 18.5. The molecule has 0 aromatic heterocycles. The number of rotatable bonds is 10. The van der Waals surface area contributed by atoms with Crippen molar-refractivity contribution in [1.82, 2.24) is 10.2 Å². The van der Waals surface area contributed by atoms with Gasteiger partial charge in [0, 0.05) is 56.1 Å². The Kier molecular flexibility index (Phi) is 10.5. The molecule has 3 aliphatic rings. The second-order valence-corrected chi connectivity index (χ2v) is 10.3. The zero-order valence-corrected chi connectivity index (χ0v) is 23.0. The second kappa shape index (κ2) is 14.2. The van der Waals surface area contributed by atoms with Crippen LogP contribution >= 0.6 is 0 Å². The maximum Gasteiger partial charge on any atom is 0.407 e. The van der Waals surface area contributed by atoms with E-state index in [9.17, 15) is 4.79 Å². The number of morpholine rings is 1. The maximum atomic E-state index is 11.7. The quantitative estimate of drug-likeness (QED) is 0.448. The number of benzene rings is 1. The molecule has 0 saturated carbocycles. The van der Waals surface area contributed by atoms with E-state index in [1.807, 2.05) is 20.8 Å². The number of nitrogens with zero attached hydrogens (tertiary/aromatic N) is 4. The molecule has 0 radical (unpaired) electrons. The van der Waals surface area contributed by atoms with Crippen molar-refractivity contribution >= 4 is 29.0 Å². The zero-order chi connectivity index (χ0) is 26.7. The lowest BCUT2D eigenvalue weighted by atomic mass is 9.87. The van der Waals surface area contributed by atoms with Crippen LogP contribution in [0.3, 0.4) is 0 Å². The third-order valence-corrected chi connectivity index (χ3v) is 6.84. The first-order valence-corrected chi connectivity index (χ1v) is 13.9. The Morgan fingerprint density at radius 3 is 2.92 bits per heavy atom. The van der Waals surface area contributed by atoms with Crippen molar-refractivity contribution in [2.75, 3.05) is 57.9 Å². The molecule has 3 heterocycles. The minimum atomic E-state index is -0.375. The molecule has 0 aliphatic carbocycles. The number of carbonyl (C=O) groups excluding carboxylic acids is 1. The molecule has 1 unspecified atom stereocenters. The second-order valence-electron chi connectivity index (χ2n) is 10.3. The van der Waals surface area contributed by atoms with Gasteiger partial charge in [0.05, 0.1) is 19.3 Å². The van der Waals surface area contributed by atoms with E-state index in [1.54, 1.807) is 0 Å². The number of anilines is 1. The van der Waals surface area contributed by atoms with Crippen LogP contribution in [-0.2, 0) is 15.9 Å². The van der Waals surface area contributed by atoms with Crippen LogP contribution in [0.5, 0.6) is 5.75 Å². The zero-order valence-electron chi connectivity index (χ0n) is 23.0. The highest BCUT2D eigenvalue weighted by Gasteiger charge is 2.28. The number of hydrogen-bond donors (Lipinski definition) is 2. The topological polar surface area (TPSA) is 109 Å². The van der Waals surface area contributed by atoms with E-state index in [2.05, 4.69) is 43.9 Å². The minimum absolute atomic E-state index is 0.124. The Balaban J connectivity index is 1.39. The molecule has 1 aromatic rings. The monoisotopic (exact) mass is 526 g/mol. The molecule has 1 fully saturated rings. The van der Waals surface area contributed by atoms with Crippen LogP contribution in [0.2, 0.25) is 0 Å². The van der Waals surface area contributed by atoms with Crippen LogP contribution in [-0.4, -0.2) is 86.9 Å². The van der Waals surface area contributed by atoms with Gasteiger partial charge in [0.25, 0.3) is 0 Å². The number of hydrogen-bond acceptors (Lipinski definition) is 8. The van der Waals surface area contributed by atoms with Crippen molar-refractivity contribution in [3.63, 3.8) is 0 Å². The normalized spacial score (nSPS) is 20.8. The number of amides is 1. The highest BCUT2D eigenvalue weighted by Crippen LogP contribution is 2.30. The predicted octanol–water partition coefficient (Wildman–Crippen LogP) is 3.91. The first kappa shape index (κ1) is 28.0. The van der Waals surface area contributed by atoms with Crippen molar-refractivity contribution in [2.45, 2.75) is 59.0 Å². The van der Waals surface area contributed by atoms with Gasteiger partial charge in [0.15, 0.2) is 0 Å². The number of ether oxygens (including phenoxy) is 3. The van der Waals surface area contributed by atoms with Gasteiger partial charge in [-0.05, 0) is 64.5 Å². The van der Waals surface area contributed by atoms with Crippen LogP contribution in [0.1, 0.15) is 52.0 Å². The Labute approximate surface area is 225 Å². The summed E-state index contributed by atoms with van der Waals surface area (Å²) in [5.41, 5.74) is 4.25. The summed E-state index contributed by atoms with van der Waals surface area (Å²) in [6, 6.07) is 6.31. The first-order valence-electron chi connectivity index (χ1n) is 13.9. The van der Waals surface area contributed by atoms with Crippen molar-refractivity contribution in [2.24, 2.45) is 21.1 Å². The van der Waals surface area contributed by atoms with Crippen LogP contribution in [0.15, 0.2) is 33.4 Å². The number of aryl methyl sites for hydroxylation is 1. The Bertz CT molecular complexity index is 1030. The fourth-order valence-corrected chi connectivity index (χ4v) is 4.81. The Morgan fingerprint density at radius 2 is 2.11 bits per heavy atom. The molecule has 0 spiro atoms. The van der Waals surface area contributed by atoms with Gasteiger partial charge in [0.1, 0.15) is 23.9 Å². The summed E-state index contributed by atoms with van der Waals surface area (Å²) in [4.78, 5) is 18.9. The SMILES string of the molecule is CC1=NN=C2C(=NCCCCNC(=O)OC(C)C)Nc3cc(OCCN4CCOCC4)ccc3CCC2C1. The average Bonchev–Trinajstić information content (AvgIpc) is 2.89. The van der Waals surface area contributed by atoms with Crippen LogP contribution < -0.4 is 15.4 Å². The molecule has 1 aromatic carbocycles. The van der Waals surface area contributed by atoms with Gasteiger partial charge in [-0.1, -0.05) is 6.07 Å². The van der Waals surface area contributed by atoms with Gasteiger partial charge in [-0.25, -0.2) is 4.79 Å². The van der Waals surface area contributed by atoms with Gasteiger partial charge >= 0.3 is 6.09 Å². The summed E-state index contributed by atoms with van der Waals surface area (Å²) >= 11 is 0. The van der Waals surface area contributed by atoms with Gasteiger partial charge in [-0.2, -0.15) is 10.2 Å². The van der Waals surface area contributed by atoms with E-state index in [4.69, 9.17) is 19.2 Å². The standard InChI is InChI=1S/C28H42N6O4/c1-20(2)38-28(35)30-11-5-4-10-29-27-26-23(18-21(3)32-33-26)7-6-22-8-9-24(19-25(22)31-27)37-17-14-34-12-15-36-16-13-34/h8-9,19-20,23H,4-7,10-18H2,1-3H3,(H,29,31)(H,30,35). The van der Waals surface area contributed by atoms with Crippen molar-refractivity contribution in [3.8, 4) is 5.75 Å². The summed E-state index contributed by atoms with van der Waals surface area (Å²) in [6.45, 7) is 11.9. The average molecular weight is 527 g/mol. The highest BCUT2D eigenvalue weighted by atomic mass is 16.6. The molecule has 1 amide bonds. The smallest absolute Gasteiger partial charge is 0.407 e. The van der Waals surface area contributed by atoms with E-state index in [1.165, 1.54) is 5.56 Å². The van der Waals surface area contributed by atoms with Gasteiger partial charge in [-0.15, -0.1) is 0 Å². The molecule has 3 aliphatic heterocycles. The molecule has 38 heavy (non-hydrogen) atoms. The predicted molar refractivity (Wildman–Crippen MR) is 151 cm³/mol. The number of carbonyl (C=O) groups is 1. The number of amidine groups is 1. The van der Waals surface area contributed by atoms with Crippen molar-refractivity contribution < 1.29 is 19.0 Å². The number of fused-ring (bicyclic) bond motifs is 2. The molecule has 10 heteroatoms. The summed E-state index contributed by atoms with van der Waals surface area (Å²) in [7, 11) is 0. The largest absolute Gasteiger partial charge is 0.492 e. The van der Waals surface area contributed by atoms with E-state index < -0.39 is 0 Å². The molecular formula is C28H42N6O4. The molecule has 2 N–H and O–H groups in total. The Hall–Kier alpha value is -2.98. The van der Waals surface area contributed by atoms with Crippen LogP contribution in [0.4, 0.5) is 10.5 Å². The summed E-state index contributed by atoms with van der Waals surface area (Å²) in [6.07, 6.45) is 4.01. The fraction of sp³-hybridized carbons (Fsp3) is 0.643. The summed E-state index contributed by atoms with van der Waals surface area (Å²) in [5, 5.41) is 15.3. The lowest BCUT2D eigenvalue weighted by molar-refractivity contribution is 0.0322. The molecule has 208 valence electrons. The number of unbranched alkanes of at least 4 members (excludes halogenated alkanes) is 1. The molecule has 4 rings (SSSR count). The van der Waals surface area contributed by atoms with Crippen LogP contribution in [0, 0.1) is 5.92 Å². The molecule has 1 atom stereocenters. The third kappa shape index (κ3) is 8.52. The maximum absolute atomic E-state index is 11.7. The summed E-state index contributed by atoms with van der Waals surface area (Å²) in [5.74, 6) is 1.92. The molecule has 0 bridgehead atoms. The summed E-state index contributed by atoms with van der Waals surface area (Å²) < 4.78 is 16.7. The van der Waals surface area contributed by atoms with Crippen molar-refractivity contribution in [3.05, 3.63) is 23.8 Å². The van der Waals surface area contributed by atoms with E-state index >= 15 is 0 Å². The Morgan fingerprint density at radius 1 is 1.26 bits per heavy atom. The minimum Gasteiger partial charge on any atom is -0.492 e. The highest BCUT2D eigenvalue weighted by molar-refractivity contribution is 6.47. The third-order valence-electron chi connectivity index (χ3n) is 6.84. The number of nitrogens with one attached hydrogen (secondary N) is 2. The molecular weight excluding hydrogens is 484 g/mol. The van der Waals surface area contributed by atoms with E-state index in [-0.39, 0.29) is 12.2 Å². The lowest BCUT2D eigenvalue weighted by Crippen LogP contribution is -2.38. The van der Waals surface area contributed by atoms with Gasteiger partial charge in [0.2, 0.25) is 0 Å². The van der Waals surface area contributed by atoms with E-state index in [0.717, 1.165) is 93.6 Å². The van der Waals surface area contributed by atoms with Crippen LogP contribution in [0.25, 0.3) is 0 Å². The van der Waals surface area contributed by atoms with Crippen molar-refractivity contribution in [1.29, 1.82) is 0 Å². The number of aliphatic imine (C=N–C) groups is 1. The van der Waals surface area contributed by atoms with E-state index in [0.29, 0.717) is 25.6 Å².